The number of carbonyl (C=O) groups is 1. The van der Waals surface area contributed by atoms with Crippen molar-refractivity contribution in [2.45, 2.75) is 18.8 Å². The van der Waals surface area contributed by atoms with E-state index in [-0.39, 0.29) is 11.7 Å². The molecule has 0 saturated carbocycles. The molecule has 3 nitrogen and oxygen atoms in total. The summed E-state index contributed by atoms with van der Waals surface area (Å²) in [5, 5.41) is 1.56. The van der Waals surface area contributed by atoms with E-state index in [0.717, 1.165) is 23.7 Å². The molecule has 128 valence electrons. The van der Waals surface area contributed by atoms with Crippen molar-refractivity contribution in [1.82, 2.24) is 9.88 Å². The van der Waals surface area contributed by atoms with Crippen LogP contribution in [0, 0.1) is 5.82 Å². The molecule has 0 aliphatic carbocycles. The van der Waals surface area contributed by atoms with E-state index < -0.39 is 0 Å². The Labute approximate surface area is 150 Å². The number of aromatic nitrogens is 1. The average molecular weight is 357 g/mol. The number of H-pyrrole nitrogens is 1. The van der Waals surface area contributed by atoms with E-state index in [9.17, 15) is 9.18 Å². The number of aromatic amines is 1. The van der Waals surface area contributed by atoms with Gasteiger partial charge in [0.2, 0.25) is 0 Å². The van der Waals surface area contributed by atoms with E-state index in [0.29, 0.717) is 29.6 Å². The molecule has 2 aromatic carbocycles. The molecule has 1 aliphatic rings. The van der Waals surface area contributed by atoms with Crippen LogP contribution in [0.5, 0.6) is 0 Å². The van der Waals surface area contributed by atoms with Crippen LogP contribution in [0.25, 0.3) is 10.9 Å². The summed E-state index contributed by atoms with van der Waals surface area (Å²) in [7, 11) is 0. The van der Waals surface area contributed by atoms with Crippen molar-refractivity contribution in [1.29, 1.82) is 0 Å². The van der Waals surface area contributed by atoms with Crippen LogP contribution in [0.3, 0.4) is 0 Å². The van der Waals surface area contributed by atoms with Gasteiger partial charge in [0.15, 0.2) is 0 Å². The zero-order valence-corrected chi connectivity index (χ0v) is 14.4. The van der Waals surface area contributed by atoms with Gasteiger partial charge in [-0.05, 0) is 54.7 Å². The number of benzene rings is 2. The second kappa shape index (κ2) is 6.52. The molecule has 1 fully saturated rings. The fourth-order valence-corrected chi connectivity index (χ4v) is 3.87. The van der Waals surface area contributed by atoms with E-state index in [1.54, 1.807) is 12.1 Å². The largest absolute Gasteiger partial charge is 0.361 e. The second-order valence-corrected chi connectivity index (χ2v) is 6.89. The van der Waals surface area contributed by atoms with Gasteiger partial charge in [-0.3, -0.25) is 4.79 Å². The lowest BCUT2D eigenvalue weighted by Gasteiger charge is -2.32. The van der Waals surface area contributed by atoms with Crippen molar-refractivity contribution >= 4 is 28.4 Å². The van der Waals surface area contributed by atoms with Crippen molar-refractivity contribution in [3.8, 4) is 0 Å². The number of rotatable bonds is 2. The molecule has 0 atom stereocenters. The predicted octanol–water partition coefficient (Wildman–Crippen LogP) is 4.98. The third kappa shape index (κ3) is 3.02. The minimum absolute atomic E-state index is 0.00922. The minimum atomic E-state index is -0.235. The standard InChI is InChI=1S/C20H18ClFN2O/c21-18-4-2-1-3-16(18)20(25)24-9-7-13(8-10-24)17-12-23-19-11-14(22)5-6-15(17)19/h1-6,11-13,23H,7-10H2. The predicted molar refractivity (Wildman–Crippen MR) is 97.6 cm³/mol. The molecule has 1 amide bonds. The summed E-state index contributed by atoms with van der Waals surface area (Å²) in [6.07, 6.45) is 3.75. The van der Waals surface area contributed by atoms with Crippen LogP contribution in [0.4, 0.5) is 4.39 Å². The van der Waals surface area contributed by atoms with Gasteiger partial charge in [0.1, 0.15) is 5.82 Å². The van der Waals surface area contributed by atoms with Gasteiger partial charge in [-0.1, -0.05) is 23.7 Å². The van der Waals surface area contributed by atoms with E-state index >= 15 is 0 Å². The number of hydrogen-bond donors (Lipinski definition) is 1. The number of likely N-dealkylation sites (tertiary alicyclic amines) is 1. The van der Waals surface area contributed by atoms with Crippen molar-refractivity contribution in [3.63, 3.8) is 0 Å². The maximum atomic E-state index is 13.3. The Kier molecular flexibility index (Phi) is 4.22. The van der Waals surface area contributed by atoms with E-state index in [2.05, 4.69) is 4.98 Å². The van der Waals surface area contributed by atoms with Gasteiger partial charge in [-0.25, -0.2) is 4.39 Å². The third-order valence-electron chi connectivity index (χ3n) is 5.00. The molecule has 0 radical (unpaired) electrons. The zero-order valence-electron chi connectivity index (χ0n) is 13.6. The number of halogens is 2. The molecule has 3 aromatic rings. The van der Waals surface area contributed by atoms with Crippen LogP contribution in [-0.2, 0) is 0 Å². The number of piperidine rings is 1. The summed E-state index contributed by atoms with van der Waals surface area (Å²) >= 11 is 6.14. The number of carbonyl (C=O) groups excluding carboxylic acids is 1. The quantitative estimate of drug-likeness (QED) is 0.690. The summed E-state index contributed by atoms with van der Waals surface area (Å²) in [6, 6.07) is 12.0. The van der Waals surface area contributed by atoms with Gasteiger partial charge in [-0.2, -0.15) is 0 Å². The molecule has 0 spiro atoms. The van der Waals surface area contributed by atoms with Crippen LogP contribution in [0.2, 0.25) is 5.02 Å². The summed E-state index contributed by atoms with van der Waals surface area (Å²) < 4.78 is 13.3. The summed E-state index contributed by atoms with van der Waals surface area (Å²) in [4.78, 5) is 17.7. The van der Waals surface area contributed by atoms with Gasteiger partial charge in [0, 0.05) is 30.2 Å². The van der Waals surface area contributed by atoms with Crippen molar-refractivity contribution in [2.24, 2.45) is 0 Å². The maximum Gasteiger partial charge on any atom is 0.255 e. The van der Waals surface area contributed by atoms with E-state index in [1.165, 1.54) is 17.7 Å². The van der Waals surface area contributed by atoms with Gasteiger partial charge < -0.3 is 9.88 Å². The summed E-state index contributed by atoms with van der Waals surface area (Å²) in [5.74, 6) is 0.126. The van der Waals surface area contributed by atoms with Crippen molar-refractivity contribution in [3.05, 3.63) is 70.6 Å². The Bertz CT molecular complexity index is 928. The molecule has 2 heterocycles. The van der Waals surface area contributed by atoms with Crippen molar-refractivity contribution in [2.75, 3.05) is 13.1 Å². The molecule has 0 unspecified atom stereocenters. The second-order valence-electron chi connectivity index (χ2n) is 6.48. The molecule has 1 N–H and O–H groups in total. The fourth-order valence-electron chi connectivity index (χ4n) is 3.66. The molecule has 0 bridgehead atoms. The molecule has 1 aromatic heterocycles. The average Bonchev–Trinajstić information content (AvgIpc) is 3.04. The fraction of sp³-hybridized carbons (Fsp3) is 0.250. The first-order chi connectivity index (χ1) is 12.1. The van der Waals surface area contributed by atoms with E-state index in [1.807, 2.05) is 29.3 Å². The molecule has 25 heavy (non-hydrogen) atoms. The number of amides is 1. The lowest BCUT2D eigenvalue weighted by molar-refractivity contribution is 0.0713. The number of fused-ring (bicyclic) bond motifs is 1. The zero-order chi connectivity index (χ0) is 17.4. The molecule has 1 aliphatic heterocycles. The van der Waals surface area contributed by atoms with Crippen LogP contribution < -0.4 is 0 Å². The summed E-state index contributed by atoms with van der Waals surface area (Å²) in [6.45, 7) is 1.39. The highest BCUT2D eigenvalue weighted by atomic mass is 35.5. The molecule has 5 heteroatoms. The first-order valence-corrected chi connectivity index (χ1v) is 8.81. The SMILES string of the molecule is O=C(c1ccccc1Cl)N1CCC(c2c[nH]c3cc(F)ccc23)CC1. The van der Waals surface area contributed by atoms with Crippen LogP contribution >= 0.6 is 11.6 Å². The Morgan fingerprint density at radius 1 is 1.16 bits per heavy atom. The highest BCUT2D eigenvalue weighted by Crippen LogP contribution is 2.34. The van der Waals surface area contributed by atoms with Crippen LogP contribution in [0.15, 0.2) is 48.7 Å². The Morgan fingerprint density at radius 3 is 2.68 bits per heavy atom. The normalized spacial score (nSPS) is 15.7. The first-order valence-electron chi connectivity index (χ1n) is 8.44. The van der Waals surface area contributed by atoms with Crippen molar-refractivity contribution < 1.29 is 9.18 Å². The summed E-state index contributed by atoms with van der Waals surface area (Å²) in [5.41, 5.74) is 2.59. The molecular weight excluding hydrogens is 339 g/mol. The lowest BCUT2D eigenvalue weighted by Crippen LogP contribution is -2.38. The lowest BCUT2D eigenvalue weighted by atomic mass is 9.89. The van der Waals surface area contributed by atoms with Crippen LogP contribution in [0.1, 0.15) is 34.7 Å². The monoisotopic (exact) mass is 356 g/mol. The molecule has 4 rings (SSSR count). The number of nitrogens with zero attached hydrogens (tertiary/aromatic N) is 1. The third-order valence-corrected chi connectivity index (χ3v) is 5.33. The smallest absolute Gasteiger partial charge is 0.255 e. The highest BCUT2D eigenvalue weighted by Gasteiger charge is 2.26. The maximum absolute atomic E-state index is 13.3. The topological polar surface area (TPSA) is 36.1 Å². The van der Waals surface area contributed by atoms with Gasteiger partial charge in [-0.15, -0.1) is 0 Å². The van der Waals surface area contributed by atoms with Gasteiger partial charge >= 0.3 is 0 Å². The highest BCUT2D eigenvalue weighted by molar-refractivity contribution is 6.33. The number of nitrogens with one attached hydrogen (secondary N) is 1. The Morgan fingerprint density at radius 2 is 1.92 bits per heavy atom. The number of hydrogen-bond acceptors (Lipinski definition) is 1. The molecular formula is C20H18ClFN2O. The Hall–Kier alpha value is -2.33. The minimum Gasteiger partial charge on any atom is -0.361 e. The Balaban J connectivity index is 1.49. The van der Waals surface area contributed by atoms with Gasteiger partial charge in [0.25, 0.3) is 5.91 Å². The van der Waals surface area contributed by atoms with Crippen LogP contribution in [-0.4, -0.2) is 28.9 Å². The van der Waals surface area contributed by atoms with Gasteiger partial charge in [0.05, 0.1) is 10.6 Å². The first kappa shape index (κ1) is 16.2. The van der Waals surface area contributed by atoms with E-state index in [4.69, 9.17) is 11.6 Å². The molecule has 1 saturated heterocycles.